The molecule has 0 atom stereocenters. The average molecular weight is 313 g/mol. The van der Waals surface area contributed by atoms with Crippen LogP contribution in [-0.2, 0) is 10.0 Å². The Morgan fingerprint density at radius 1 is 1.30 bits per heavy atom. The van der Waals surface area contributed by atoms with Gasteiger partial charge >= 0.3 is 5.97 Å². The molecule has 0 aliphatic heterocycles. The summed E-state index contributed by atoms with van der Waals surface area (Å²) in [5.41, 5.74) is 0. The second-order valence-electron chi connectivity index (χ2n) is 3.67. The molecule has 0 amide bonds. The first kappa shape index (κ1) is 16.1. The van der Waals surface area contributed by atoms with Crippen molar-refractivity contribution in [3.05, 3.63) is 16.3 Å². The monoisotopic (exact) mass is 313 g/mol. The van der Waals surface area contributed by atoms with E-state index >= 15 is 0 Å². The lowest BCUT2D eigenvalue weighted by atomic mass is 10.4. The number of thiophene rings is 1. The molecule has 106 valence electrons. The molecule has 1 N–H and O–H groups in total. The van der Waals surface area contributed by atoms with E-state index in [4.69, 9.17) is 15.6 Å². The van der Waals surface area contributed by atoms with Crippen molar-refractivity contribution in [2.45, 2.75) is 17.7 Å². The van der Waals surface area contributed by atoms with Crippen molar-refractivity contribution >= 4 is 27.3 Å². The van der Waals surface area contributed by atoms with Crippen LogP contribution in [-0.4, -0.2) is 36.9 Å². The molecule has 0 aliphatic carbocycles. The van der Waals surface area contributed by atoms with Crippen LogP contribution in [0.3, 0.4) is 0 Å². The van der Waals surface area contributed by atoms with Gasteiger partial charge in [-0.25, -0.2) is 13.2 Å². The molecule has 0 saturated carbocycles. The fourth-order valence-corrected chi connectivity index (χ4v) is 3.96. The maximum Gasteiger partial charge on any atom is 0.345 e. The number of nitrogens with zero attached hydrogens (tertiary/aromatic N) is 3. The maximum atomic E-state index is 12.3. The molecule has 1 rings (SSSR count). The van der Waals surface area contributed by atoms with Crippen molar-refractivity contribution in [3.63, 3.8) is 0 Å². The zero-order chi connectivity index (χ0) is 15.2. The van der Waals surface area contributed by atoms with Gasteiger partial charge in [0.15, 0.2) is 0 Å². The molecule has 0 spiro atoms. The van der Waals surface area contributed by atoms with Gasteiger partial charge in [0.2, 0.25) is 10.0 Å². The molecule has 20 heavy (non-hydrogen) atoms. The fraction of sp³-hybridized carbons (Fsp3) is 0.364. The first-order valence-electron chi connectivity index (χ1n) is 5.49. The first-order valence-corrected chi connectivity index (χ1v) is 7.81. The third-order valence-electron chi connectivity index (χ3n) is 2.37. The Hall–Kier alpha value is -1.94. The highest BCUT2D eigenvalue weighted by atomic mass is 32.2. The van der Waals surface area contributed by atoms with Gasteiger partial charge in [0.1, 0.15) is 4.88 Å². The normalized spacial score (nSPS) is 10.9. The van der Waals surface area contributed by atoms with Crippen LogP contribution in [0.4, 0.5) is 0 Å². The van der Waals surface area contributed by atoms with Crippen LogP contribution in [0, 0.1) is 22.7 Å². The van der Waals surface area contributed by atoms with E-state index in [9.17, 15) is 13.2 Å². The lowest BCUT2D eigenvalue weighted by molar-refractivity contribution is 0.0702. The van der Waals surface area contributed by atoms with E-state index in [1.54, 1.807) is 0 Å². The van der Waals surface area contributed by atoms with Gasteiger partial charge in [0.05, 0.1) is 17.0 Å². The van der Waals surface area contributed by atoms with E-state index in [-0.39, 0.29) is 35.7 Å². The predicted octanol–water partition coefficient (Wildman–Crippen LogP) is 1.26. The maximum absolute atomic E-state index is 12.3. The quantitative estimate of drug-likeness (QED) is 0.808. The minimum atomic E-state index is -3.88. The van der Waals surface area contributed by atoms with Crippen molar-refractivity contribution in [1.82, 2.24) is 4.31 Å². The second kappa shape index (κ2) is 7.01. The number of nitriles is 2. The van der Waals surface area contributed by atoms with Crippen LogP contribution < -0.4 is 0 Å². The molecule has 1 heterocycles. The number of sulfonamides is 1. The van der Waals surface area contributed by atoms with Gasteiger partial charge in [-0.1, -0.05) is 0 Å². The van der Waals surface area contributed by atoms with Gasteiger partial charge in [0.25, 0.3) is 0 Å². The molecule has 0 radical (unpaired) electrons. The van der Waals surface area contributed by atoms with Crippen molar-refractivity contribution in [3.8, 4) is 12.1 Å². The number of hydrogen-bond donors (Lipinski definition) is 1. The standard InChI is InChI=1S/C11H11N3O4S2/c12-3-1-5-14(6-2-4-13)20(17,18)9-7-10(11(15)16)19-8-9/h7-8H,1-2,5-6H2,(H,15,16). The Morgan fingerprint density at radius 3 is 2.25 bits per heavy atom. The molecule has 7 nitrogen and oxygen atoms in total. The summed E-state index contributed by atoms with van der Waals surface area (Å²) in [7, 11) is -3.88. The Kier molecular flexibility index (Phi) is 5.65. The number of rotatable bonds is 7. The molecule has 0 fully saturated rings. The van der Waals surface area contributed by atoms with Gasteiger partial charge < -0.3 is 5.11 Å². The van der Waals surface area contributed by atoms with Crippen molar-refractivity contribution < 1.29 is 18.3 Å². The molecule has 0 saturated heterocycles. The Bertz CT molecular complexity index is 649. The third-order valence-corrected chi connectivity index (χ3v) is 5.31. The molecule has 9 heteroatoms. The lowest BCUT2D eigenvalue weighted by Crippen LogP contribution is -2.32. The summed E-state index contributed by atoms with van der Waals surface area (Å²) in [4.78, 5) is 10.6. The topological polar surface area (TPSA) is 122 Å². The van der Waals surface area contributed by atoms with Gasteiger partial charge in [-0.15, -0.1) is 11.3 Å². The van der Waals surface area contributed by atoms with E-state index in [0.29, 0.717) is 0 Å². The third kappa shape index (κ3) is 3.78. The number of carboxylic acids is 1. The zero-order valence-corrected chi connectivity index (χ0v) is 11.9. The summed E-state index contributed by atoms with van der Waals surface area (Å²) in [5.74, 6) is -1.20. The van der Waals surface area contributed by atoms with Gasteiger partial charge in [0, 0.05) is 31.3 Å². The van der Waals surface area contributed by atoms with Crippen LogP contribution in [0.15, 0.2) is 16.3 Å². The first-order chi connectivity index (χ1) is 9.43. The van der Waals surface area contributed by atoms with Crippen LogP contribution in [0.5, 0.6) is 0 Å². The molecular weight excluding hydrogens is 302 g/mol. The van der Waals surface area contributed by atoms with Crippen LogP contribution in [0.2, 0.25) is 0 Å². The highest BCUT2D eigenvalue weighted by Gasteiger charge is 2.26. The Labute approximate surface area is 120 Å². The number of carbonyl (C=O) groups is 1. The van der Waals surface area contributed by atoms with Gasteiger partial charge in [-0.05, 0) is 6.07 Å². The van der Waals surface area contributed by atoms with E-state index in [1.165, 1.54) is 5.38 Å². The Morgan fingerprint density at radius 2 is 1.85 bits per heavy atom. The molecule has 0 unspecified atom stereocenters. The van der Waals surface area contributed by atoms with Crippen molar-refractivity contribution in [1.29, 1.82) is 10.5 Å². The van der Waals surface area contributed by atoms with Gasteiger partial charge in [-0.3, -0.25) is 0 Å². The van der Waals surface area contributed by atoms with Crippen LogP contribution in [0.25, 0.3) is 0 Å². The highest BCUT2D eigenvalue weighted by Crippen LogP contribution is 2.23. The molecule has 0 aliphatic rings. The summed E-state index contributed by atoms with van der Waals surface area (Å²) in [6.07, 6.45) is 0.00116. The fourth-order valence-electron chi connectivity index (χ4n) is 1.42. The molecule has 0 aromatic carbocycles. The van der Waals surface area contributed by atoms with Crippen LogP contribution in [0.1, 0.15) is 22.5 Å². The van der Waals surface area contributed by atoms with E-state index in [2.05, 4.69) is 0 Å². The number of aromatic carboxylic acids is 1. The molecular formula is C11H11N3O4S2. The van der Waals surface area contributed by atoms with Crippen LogP contribution >= 0.6 is 11.3 Å². The summed E-state index contributed by atoms with van der Waals surface area (Å²) in [5, 5.41) is 27.1. The smallest absolute Gasteiger partial charge is 0.345 e. The Balaban J connectivity index is 3.05. The summed E-state index contributed by atoms with van der Waals surface area (Å²) in [6.45, 7) is -0.0580. The summed E-state index contributed by atoms with van der Waals surface area (Å²) >= 11 is 0.814. The molecule has 1 aromatic heterocycles. The van der Waals surface area contributed by atoms with E-state index in [0.717, 1.165) is 21.7 Å². The van der Waals surface area contributed by atoms with E-state index < -0.39 is 16.0 Å². The minimum Gasteiger partial charge on any atom is -0.477 e. The van der Waals surface area contributed by atoms with Crippen molar-refractivity contribution in [2.24, 2.45) is 0 Å². The predicted molar refractivity (Wildman–Crippen MR) is 70.5 cm³/mol. The zero-order valence-electron chi connectivity index (χ0n) is 10.3. The largest absolute Gasteiger partial charge is 0.477 e. The number of carboxylic acid groups (broad SMARTS) is 1. The number of hydrogen-bond acceptors (Lipinski definition) is 6. The van der Waals surface area contributed by atoms with Crippen molar-refractivity contribution in [2.75, 3.05) is 13.1 Å². The molecule has 1 aromatic rings. The van der Waals surface area contributed by atoms with Gasteiger partial charge in [-0.2, -0.15) is 14.8 Å². The summed E-state index contributed by atoms with van der Waals surface area (Å²) in [6, 6.07) is 4.76. The summed E-state index contributed by atoms with van der Waals surface area (Å²) < 4.78 is 25.6. The SMILES string of the molecule is N#CCCN(CCC#N)S(=O)(=O)c1csc(C(=O)O)c1. The second-order valence-corrected chi connectivity index (χ2v) is 6.52. The highest BCUT2D eigenvalue weighted by molar-refractivity contribution is 7.89. The lowest BCUT2D eigenvalue weighted by Gasteiger charge is -2.18. The minimum absolute atomic E-state index is 0.000579. The average Bonchev–Trinajstić information content (AvgIpc) is 2.89. The molecule has 0 bridgehead atoms. The van der Waals surface area contributed by atoms with E-state index in [1.807, 2.05) is 12.1 Å².